The molecule has 1 heterocycles. The van der Waals surface area contributed by atoms with Crippen LogP contribution in [0, 0.1) is 6.92 Å². The molecule has 2 amide bonds. The van der Waals surface area contributed by atoms with E-state index < -0.39 is 0 Å². The van der Waals surface area contributed by atoms with E-state index in [9.17, 15) is 9.59 Å². The Morgan fingerprint density at radius 3 is 2.62 bits per heavy atom. The van der Waals surface area contributed by atoms with Crippen LogP contribution in [0.1, 0.15) is 14.5 Å². The minimum Gasteiger partial charge on any atom is -0.398 e. The number of nitrogens with two attached hydrogens (primary N) is 1. The first-order valence-electron chi connectivity index (χ1n) is 4.77. The highest BCUT2D eigenvalue weighted by atomic mass is 32.1. The van der Waals surface area contributed by atoms with Gasteiger partial charge in [-0.05, 0) is 13.0 Å². The summed E-state index contributed by atoms with van der Waals surface area (Å²) in [7, 11) is 3.12. The Balaban J connectivity index is 2.74. The van der Waals surface area contributed by atoms with Gasteiger partial charge in [-0.3, -0.25) is 9.59 Å². The summed E-state index contributed by atoms with van der Waals surface area (Å²) < 4.78 is 0. The molecule has 0 saturated heterocycles. The third-order valence-corrected chi connectivity index (χ3v) is 3.23. The second-order valence-electron chi connectivity index (χ2n) is 3.46. The number of nitrogens with zero attached hydrogens (tertiary/aromatic N) is 1. The molecule has 0 bridgehead atoms. The van der Waals surface area contributed by atoms with E-state index in [1.54, 1.807) is 13.1 Å². The average Bonchev–Trinajstić information content (AvgIpc) is 2.57. The van der Waals surface area contributed by atoms with E-state index in [4.69, 9.17) is 5.73 Å². The van der Waals surface area contributed by atoms with Crippen molar-refractivity contribution in [1.82, 2.24) is 10.2 Å². The van der Waals surface area contributed by atoms with Crippen LogP contribution in [0.2, 0.25) is 0 Å². The van der Waals surface area contributed by atoms with E-state index in [1.807, 2.05) is 6.92 Å². The van der Waals surface area contributed by atoms with Crippen LogP contribution in [0.15, 0.2) is 6.07 Å². The van der Waals surface area contributed by atoms with Crippen molar-refractivity contribution in [3.05, 3.63) is 15.8 Å². The Hall–Kier alpha value is -1.56. The number of carbonyl (C=O) groups is 2. The first-order chi connectivity index (χ1) is 7.45. The summed E-state index contributed by atoms with van der Waals surface area (Å²) in [6.07, 6.45) is 0. The smallest absolute Gasteiger partial charge is 0.264 e. The molecule has 3 N–H and O–H groups in total. The van der Waals surface area contributed by atoms with Gasteiger partial charge in [0, 0.05) is 24.7 Å². The molecule has 1 rings (SSSR count). The van der Waals surface area contributed by atoms with Gasteiger partial charge in [-0.15, -0.1) is 11.3 Å². The Morgan fingerprint density at radius 1 is 1.56 bits per heavy atom. The maximum absolute atomic E-state index is 11.9. The second-order valence-corrected chi connectivity index (χ2v) is 4.71. The Morgan fingerprint density at radius 2 is 2.19 bits per heavy atom. The summed E-state index contributed by atoms with van der Waals surface area (Å²) in [5, 5.41) is 2.46. The molecular formula is C10H15N3O2S. The lowest BCUT2D eigenvalue weighted by Crippen LogP contribution is -2.36. The summed E-state index contributed by atoms with van der Waals surface area (Å²) in [6, 6.07) is 1.64. The zero-order valence-electron chi connectivity index (χ0n) is 9.53. The highest BCUT2D eigenvalue weighted by Gasteiger charge is 2.17. The van der Waals surface area contributed by atoms with Gasteiger partial charge in [0.1, 0.15) is 0 Å². The minimum absolute atomic E-state index is 0.0478. The van der Waals surface area contributed by atoms with Crippen LogP contribution in [0.5, 0.6) is 0 Å². The summed E-state index contributed by atoms with van der Waals surface area (Å²) in [5.41, 5.74) is 6.28. The highest BCUT2D eigenvalue weighted by molar-refractivity contribution is 7.14. The van der Waals surface area contributed by atoms with Crippen molar-refractivity contribution in [2.75, 3.05) is 26.4 Å². The first-order valence-corrected chi connectivity index (χ1v) is 5.59. The van der Waals surface area contributed by atoms with Crippen molar-refractivity contribution in [3.8, 4) is 0 Å². The minimum atomic E-state index is -0.197. The van der Waals surface area contributed by atoms with Crippen molar-refractivity contribution in [2.24, 2.45) is 0 Å². The molecular weight excluding hydrogens is 226 g/mol. The number of likely N-dealkylation sites (N-methyl/N-ethyl adjacent to an activating group) is 2. The monoisotopic (exact) mass is 241 g/mol. The van der Waals surface area contributed by atoms with Gasteiger partial charge in [-0.1, -0.05) is 0 Å². The Kier molecular flexibility index (Phi) is 3.89. The predicted octanol–water partition coefficient (Wildman–Crippen LogP) is 0.457. The number of amides is 2. The quantitative estimate of drug-likeness (QED) is 0.807. The van der Waals surface area contributed by atoms with Gasteiger partial charge in [0.15, 0.2) is 0 Å². The van der Waals surface area contributed by atoms with Crippen LogP contribution in [-0.2, 0) is 4.79 Å². The second kappa shape index (κ2) is 4.98. The zero-order chi connectivity index (χ0) is 12.3. The number of aryl methyl sites for hydroxylation is 1. The van der Waals surface area contributed by atoms with Gasteiger partial charge in [0.2, 0.25) is 5.91 Å². The van der Waals surface area contributed by atoms with Crippen molar-refractivity contribution >= 4 is 28.8 Å². The van der Waals surface area contributed by atoms with Gasteiger partial charge in [0.05, 0.1) is 11.4 Å². The first kappa shape index (κ1) is 12.5. The van der Waals surface area contributed by atoms with Gasteiger partial charge in [-0.25, -0.2) is 0 Å². The Labute approximate surface area is 98.2 Å². The summed E-state index contributed by atoms with van der Waals surface area (Å²) in [5.74, 6) is -0.384. The molecule has 0 aliphatic carbocycles. The number of hydrogen-bond donors (Lipinski definition) is 2. The average molecular weight is 241 g/mol. The van der Waals surface area contributed by atoms with Crippen LogP contribution in [-0.4, -0.2) is 37.4 Å². The normalized spacial score (nSPS) is 9.94. The van der Waals surface area contributed by atoms with E-state index in [2.05, 4.69) is 5.32 Å². The summed E-state index contributed by atoms with van der Waals surface area (Å²) in [4.78, 5) is 25.8. The topological polar surface area (TPSA) is 75.4 Å². The molecule has 0 aliphatic rings. The number of rotatable bonds is 3. The molecule has 5 nitrogen and oxygen atoms in total. The van der Waals surface area contributed by atoms with E-state index in [0.717, 1.165) is 4.88 Å². The molecule has 0 fully saturated rings. The van der Waals surface area contributed by atoms with E-state index in [-0.39, 0.29) is 18.4 Å². The molecule has 0 aliphatic heterocycles. The number of carbonyl (C=O) groups excluding carboxylic acids is 2. The highest BCUT2D eigenvalue weighted by Crippen LogP contribution is 2.24. The fraction of sp³-hybridized carbons (Fsp3) is 0.400. The van der Waals surface area contributed by atoms with Gasteiger partial charge >= 0.3 is 0 Å². The molecule has 0 atom stereocenters. The van der Waals surface area contributed by atoms with E-state index in [1.165, 1.54) is 23.3 Å². The van der Waals surface area contributed by atoms with Crippen LogP contribution < -0.4 is 11.1 Å². The van der Waals surface area contributed by atoms with Gasteiger partial charge in [0.25, 0.3) is 5.91 Å². The number of nitrogen functional groups attached to an aromatic ring is 1. The Bertz CT molecular complexity index is 395. The molecule has 0 saturated carbocycles. The fourth-order valence-corrected chi connectivity index (χ4v) is 2.09. The van der Waals surface area contributed by atoms with Crippen molar-refractivity contribution in [2.45, 2.75) is 6.92 Å². The maximum Gasteiger partial charge on any atom is 0.264 e. The van der Waals surface area contributed by atoms with Crippen molar-refractivity contribution in [3.63, 3.8) is 0 Å². The van der Waals surface area contributed by atoms with Gasteiger partial charge in [-0.2, -0.15) is 0 Å². The van der Waals surface area contributed by atoms with Crippen LogP contribution in [0.25, 0.3) is 0 Å². The van der Waals surface area contributed by atoms with Crippen molar-refractivity contribution in [1.29, 1.82) is 0 Å². The van der Waals surface area contributed by atoms with E-state index in [0.29, 0.717) is 10.6 Å². The largest absolute Gasteiger partial charge is 0.398 e. The summed E-state index contributed by atoms with van der Waals surface area (Å²) >= 11 is 1.34. The van der Waals surface area contributed by atoms with Crippen LogP contribution in [0.4, 0.5) is 5.69 Å². The summed E-state index contributed by atoms with van der Waals surface area (Å²) in [6.45, 7) is 1.90. The number of thiophene rings is 1. The number of hydrogen-bond acceptors (Lipinski definition) is 4. The van der Waals surface area contributed by atoms with Crippen LogP contribution in [0.3, 0.4) is 0 Å². The molecule has 1 aromatic heterocycles. The third kappa shape index (κ3) is 2.73. The lowest BCUT2D eigenvalue weighted by molar-refractivity contribution is -0.121. The molecule has 1 aromatic rings. The van der Waals surface area contributed by atoms with Gasteiger partial charge < -0.3 is 16.0 Å². The molecule has 0 aromatic carbocycles. The molecule has 0 unspecified atom stereocenters. The molecule has 0 radical (unpaired) electrons. The maximum atomic E-state index is 11.9. The molecule has 0 spiro atoms. The number of anilines is 1. The lowest BCUT2D eigenvalue weighted by atomic mass is 10.3. The van der Waals surface area contributed by atoms with Crippen LogP contribution >= 0.6 is 11.3 Å². The SMILES string of the molecule is CNC(=O)CN(C)C(=O)c1cc(N)c(C)s1. The predicted molar refractivity (Wildman–Crippen MR) is 64.5 cm³/mol. The van der Waals surface area contributed by atoms with E-state index >= 15 is 0 Å². The fourth-order valence-electron chi connectivity index (χ4n) is 1.16. The standard InChI is InChI=1S/C10H15N3O2S/c1-6-7(11)4-8(16-6)10(15)13(3)5-9(14)12-2/h4H,5,11H2,1-3H3,(H,12,14). The zero-order valence-corrected chi connectivity index (χ0v) is 10.4. The number of nitrogens with one attached hydrogen (secondary N) is 1. The van der Waals surface area contributed by atoms with Crippen molar-refractivity contribution < 1.29 is 9.59 Å². The molecule has 16 heavy (non-hydrogen) atoms. The third-order valence-electron chi connectivity index (χ3n) is 2.17. The molecule has 88 valence electrons. The lowest BCUT2D eigenvalue weighted by Gasteiger charge is -2.14. The molecule has 6 heteroatoms.